The average Bonchev–Trinajstić information content (AvgIpc) is 3.36. The van der Waals surface area contributed by atoms with Gasteiger partial charge in [-0.25, -0.2) is 9.78 Å². The fourth-order valence-corrected chi connectivity index (χ4v) is 3.62. The van der Waals surface area contributed by atoms with Gasteiger partial charge in [-0.15, -0.1) is 0 Å². The lowest BCUT2D eigenvalue weighted by Crippen LogP contribution is -2.49. The number of rotatable bonds is 3. The molecule has 2 aromatic carbocycles. The maximum absolute atomic E-state index is 12.6. The summed E-state index contributed by atoms with van der Waals surface area (Å²) in [4.78, 5) is 24.0. The van der Waals surface area contributed by atoms with E-state index in [2.05, 4.69) is 26.3 Å². The molecule has 0 aliphatic carbocycles. The van der Waals surface area contributed by atoms with Crippen molar-refractivity contribution in [1.29, 1.82) is 0 Å². The normalized spacial score (nSPS) is 16.5. The van der Waals surface area contributed by atoms with Crippen LogP contribution in [0, 0.1) is 0 Å². The highest BCUT2D eigenvalue weighted by Crippen LogP contribution is 2.32. The number of hydrogen-bond donors (Lipinski definition) is 2. The molecule has 8 heteroatoms. The maximum Gasteiger partial charge on any atom is 0.321 e. The van der Waals surface area contributed by atoms with Gasteiger partial charge in [0, 0.05) is 38.4 Å². The molecular weight excluding hydrogens is 358 g/mol. The molecule has 1 saturated heterocycles. The zero-order valence-electron chi connectivity index (χ0n) is 15.4. The van der Waals surface area contributed by atoms with Crippen molar-refractivity contribution < 1.29 is 14.3 Å². The van der Waals surface area contributed by atoms with Crippen LogP contribution in [-0.2, 0) is 6.54 Å². The summed E-state index contributed by atoms with van der Waals surface area (Å²) in [6, 6.07) is 11.7. The molecule has 0 saturated carbocycles. The van der Waals surface area contributed by atoms with Gasteiger partial charge in [-0.05, 0) is 35.9 Å². The van der Waals surface area contributed by atoms with Crippen molar-refractivity contribution in [3.05, 3.63) is 48.3 Å². The number of aromatic amines is 1. The number of aromatic nitrogens is 2. The predicted octanol–water partition coefficient (Wildman–Crippen LogP) is 2.64. The SMILES string of the molecule is O=C(Nc1ccc2nc[nH]c2c1)N1CCN(Cc2ccc3c(c2)OCO3)CC1. The Balaban J connectivity index is 1.15. The Kier molecular flexibility index (Phi) is 4.25. The number of amides is 2. The van der Waals surface area contributed by atoms with Crippen LogP contribution in [0.4, 0.5) is 10.5 Å². The van der Waals surface area contributed by atoms with Crippen molar-refractivity contribution in [2.45, 2.75) is 6.54 Å². The summed E-state index contributed by atoms with van der Waals surface area (Å²) in [5.41, 5.74) is 3.75. The van der Waals surface area contributed by atoms with E-state index in [1.165, 1.54) is 5.56 Å². The van der Waals surface area contributed by atoms with Crippen molar-refractivity contribution in [1.82, 2.24) is 19.8 Å². The van der Waals surface area contributed by atoms with Gasteiger partial charge < -0.3 is 24.7 Å². The van der Waals surface area contributed by atoms with Crippen molar-refractivity contribution in [2.24, 2.45) is 0 Å². The Bertz CT molecular complexity index is 1010. The number of H-pyrrole nitrogens is 1. The third-order valence-corrected chi connectivity index (χ3v) is 5.17. The fraction of sp³-hybridized carbons (Fsp3) is 0.300. The van der Waals surface area contributed by atoms with Crippen molar-refractivity contribution >= 4 is 22.8 Å². The Labute approximate surface area is 162 Å². The van der Waals surface area contributed by atoms with Gasteiger partial charge >= 0.3 is 6.03 Å². The lowest BCUT2D eigenvalue weighted by atomic mass is 10.1. The molecule has 8 nitrogen and oxygen atoms in total. The third-order valence-electron chi connectivity index (χ3n) is 5.17. The first kappa shape index (κ1) is 16.9. The zero-order valence-corrected chi connectivity index (χ0v) is 15.4. The van der Waals surface area contributed by atoms with E-state index in [0.29, 0.717) is 19.9 Å². The van der Waals surface area contributed by atoms with Crippen LogP contribution >= 0.6 is 0 Å². The van der Waals surface area contributed by atoms with E-state index >= 15 is 0 Å². The number of nitrogens with one attached hydrogen (secondary N) is 2. The van der Waals surface area contributed by atoms with Crippen LogP contribution in [0.2, 0.25) is 0 Å². The van der Waals surface area contributed by atoms with Crippen LogP contribution in [-0.4, -0.2) is 58.8 Å². The summed E-state index contributed by atoms with van der Waals surface area (Å²) < 4.78 is 10.8. The quantitative estimate of drug-likeness (QED) is 0.731. The molecule has 2 amide bonds. The van der Waals surface area contributed by atoms with Gasteiger partial charge in [0.05, 0.1) is 17.4 Å². The highest BCUT2D eigenvalue weighted by atomic mass is 16.7. The van der Waals surface area contributed by atoms with Gasteiger partial charge in [0.25, 0.3) is 0 Å². The maximum atomic E-state index is 12.6. The average molecular weight is 379 g/mol. The molecule has 1 aromatic heterocycles. The minimum absolute atomic E-state index is 0.0680. The standard InChI is InChI=1S/C20H21N5O3/c26-20(23-15-2-3-16-17(10-15)22-12-21-16)25-7-5-24(6-8-25)11-14-1-4-18-19(9-14)28-13-27-18/h1-4,9-10,12H,5-8,11,13H2,(H,21,22)(H,23,26). The number of benzene rings is 2. The summed E-state index contributed by atoms with van der Waals surface area (Å²) in [7, 11) is 0. The molecular formula is C20H21N5O3. The molecule has 0 radical (unpaired) electrons. The fourth-order valence-electron chi connectivity index (χ4n) is 3.62. The molecule has 1 fully saturated rings. The number of anilines is 1. The van der Waals surface area contributed by atoms with Gasteiger partial charge in [0.2, 0.25) is 6.79 Å². The van der Waals surface area contributed by atoms with Crippen molar-refractivity contribution in [2.75, 3.05) is 38.3 Å². The monoisotopic (exact) mass is 379 g/mol. The Hall–Kier alpha value is -3.26. The summed E-state index contributed by atoms with van der Waals surface area (Å²) >= 11 is 0. The van der Waals surface area contributed by atoms with Crippen molar-refractivity contribution in [3.63, 3.8) is 0 Å². The second-order valence-corrected chi connectivity index (χ2v) is 7.02. The van der Waals surface area contributed by atoms with Gasteiger partial charge in [-0.3, -0.25) is 4.90 Å². The predicted molar refractivity (Wildman–Crippen MR) is 105 cm³/mol. The van der Waals surface area contributed by atoms with Crippen LogP contribution in [0.5, 0.6) is 11.5 Å². The van der Waals surface area contributed by atoms with Gasteiger partial charge in [0.15, 0.2) is 11.5 Å². The van der Waals surface area contributed by atoms with Crippen LogP contribution in [0.25, 0.3) is 11.0 Å². The van der Waals surface area contributed by atoms with E-state index in [9.17, 15) is 4.79 Å². The van der Waals surface area contributed by atoms with Gasteiger partial charge in [-0.1, -0.05) is 6.07 Å². The molecule has 3 aromatic rings. The van der Waals surface area contributed by atoms with Crippen LogP contribution in [0.15, 0.2) is 42.7 Å². The lowest BCUT2D eigenvalue weighted by molar-refractivity contribution is 0.143. The number of carbonyl (C=O) groups is 1. The number of hydrogen-bond acceptors (Lipinski definition) is 5. The second kappa shape index (κ2) is 7.05. The van der Waals surface area contributed by atoms with Gasteiger partial charge in [0.1, 0.15) is 0 Å². The number of fused-ring (bicyclic) bond motifs is 2. The minimum Gasteiger partial charge on any atom is -0.454 e. The van der Waals surface area contributed by atoms with E-state index in [-0.39, 0.29) is 6.03 Å². The zero-order chi connectivity index (χ0) is 18.9. The summed E-state index contributed by atoms with van der Waals surface area (Å²) in [6.07, 6.45) is 1.65. The topological polar surface area (TPSA) is 82.7 Å². The number of imidazole rings is 1. The Morgan fingerprint density at radius 2 is 1.93 bits per heavy atom. The highest BCUT2D eigenvalue weighted by Gasteiger charge is 2.22. The molecule has 2 N–H and O–H groups in total. The first-order valence-corrected chi connectivity index (χ1v) is 9.34. The molecule has 5 rings (SSSR count). The molecule has 2 aliphatic heterocycles. The number of nitrogens with zero attached hydrogens (tertiary/aromatic N) is 3. The van der Waals surface area contributed by atoms with Crippen molar-refractivity contribution in [3.8, 4) is 11.5 Å². The Morgan fingerprint density at radius 1 is 1.07 bits per heavy atom. The third kappa shape index (κ3) is 3.34. The Morgan fingerprint density at radius 3 is 2.82 bits per heavy atom. The summed E-state index contributed by atoms with van der Waals surface area (Å²) in [6.45, 7) is 4.19. The van der Waals surface area contributed by atoms with E-state index in [4.69, 9.17) is 9.47 Å². The molecule has 3 heterocycles. The number of ether oxygens (including phenoxy) is 2. The molecule has 144 valence electrons. The first-order valence-electron chi connectivity index (χ1n) is 9.34. The van der Waals surface area contributed by atoms with E-state index < -0.39 is 0 Å². The lowest BCUT2D eigenvalue weighted by Gasteiger charge is -2.34. The van der Waals surface area contributed by atoms with Crippen LogP contribution < -0.4 is 14.8 Å². The van der Waals surface area contributed by atoms with Gasteiger partial charge in [-0.2, -0.15) is 0 Å². The van der Waals surface area contributed by atoms with E-state index in [0.717, 1.165) is 47.9 Å². The largest absolute Gasteiger partial charge is 0.454 e. The second-order valence-electron chi connectivity index (χ2n) is 7.02. The van der Waals surface area contributed by atoms with E-state index in [1.54, 1.807) is 6.33 Å². The molecule has 2 aliphatic rings. The molecule has 0 spiro atoms. The molecule has 0 unspecified atom stereocenters. The summed E-state index contributed by atoms with van der Waals surface area (Å²) in [5.74, 6) is 1.61. The number of urea groups is 1. The van der Waals surface area contributed by atoms with Crippen LogP contribution in [0.3, 0.4) is 0 Å². The minimum atomic E-state index is -0.0680. The number of piperazine rings is 1. The highest BCUT2D eigenvalue weighted by molar-refractivity contribution is 5.91. The molecule has 0 bridgehead atoms. The first-order chi connectivity index (χ1) is 13.7. The number of carbonyl (C=O) groups excluding carboxylic acids is 1. The van der Waals surface area contributed by atoms with E-state index in [1.807, 2.05) is 35.2 Å². The summed E-state index contributed by atoms with van der Waals surface area (Å²) in [5, 5.41) is 2.98. The molecule has 0 atom stereocenters. The smallest absolute Gasteiger partial charge is 0.321 e. The molecule has 28 heavy (non-hydrogen) atoms. The van der Waals surface area contributed by atoms with Crippen LogP contribution in [0.1, 0.15) is 5.56 Å².